The molecule has 1 N–H and O–H groups in total. The molecule has 26 heavy (non-hydrogen) atoms. The maximum atomic E-state index is 12.3. The molecule has 10 heteroatoms. The van der Waals surface area contributed by atoms with Gasteiger partial charge in [0.25, 0.3) is 5.91 Å². The number of rotatable bonds is 5. The number of methoxy groups -OCH3 is 1. The molecule has 1 aromatic carbocycles. The minimum Gasteiger partial charge on any atom is -0.545 e. The predicted molar refractivity (Wildman–Crippen MR) is 84.4 cm³/mol. The van der Waals surface area contributed by atoms with Crippen LogP contribution in [0.4, 0.5) is 5.69 Å². The number of carbonyl (C=O) groups is 2. The van der Waals surface area contributed by atoms with Crippen molar-refractivity contribution in [3.05, 3.63) is 60.3 Å². The first-order chi connectivity index (χ1) is 12.1. The summed E-state index contributed by atoms with van der Waals surface area (Å²) in [6.45, 7) is 0. The smallest absolute Gasteiger partial charge is 0.545 e. The van der Waals surface area contributed by atoms with Crippen molar-refractivity contribution in [3.8, 4) is 11.6 Å². The van der Waals surface area contributed by atoms with E-state index in [-0.39, 0.29) is 35.8 Å². The van der Waals surface area contributed by atoms with Crippen molar-refractivity contribution < 1.29 is 38.3 Å². The van der Waals surface area contributed by atoms with Gasteiger partial charge in [0.15, 0.2) is 11.5 Å². The third-order valence-corrected chi connectivity index (χ3v) is 3.35. The second-order valence-electron chi connectivity index (χ2n) is 4.90. The van der Waals surface area contributed by atoms with Crippen LogP contribution in [0.15, 0.2) is 49.1 Å². The van der Waals surface area contributed by atoms with E-state index >= 15 is 0 Å². The number of aromatic nitrogens is 4. The normalized spacial score (nSPS) is 9.88. The summed E-state index contributed by atoms with van der Waals surface area (Å²) in [6.07, 6.45) is 4.83. The van der Waals surface area contributed by atoms with E-state index in [2.05, 4.69) is 20.5 Å². The number of benzene rings is 1. The number of hydrogen-bond acceptors (Lipinski definition) is 7. The van der Waals surface area contributed by atoms with Crippen molar-refractivity contribution in [2.45, 2.75) is 0 Å². The average Bonchev–Trinajstić information content (AvgIpc) is 3.16. The zero-order chi connectivity index (χ0) is 17.8. The first-order valence-electron chi connectivity index (χ1n) is 7.11. The quantitative estimate of drug-likeness (QED) is 0.499. The van der Waals surface area contributed by atoms with Crippen molar-refractivity contribution in [2.75, 3.05) is 12.4 Å². The minimum absolute atomic E-state index is 0. The zero-order valence-electron chi connectivity index (χ0n) is 14.0. The largest absolute Gasteiger partial charge is 1.00 e. The maximum absolute atomic E-state index is 12.3. The summed E-state index contributed by atoms with van der Waals surface area (Å²) in [7, 11) is 1.41. The summed E-state index contributed by atoms with van der Waals surface area (Å²) >= 11 is 0. The van der Waals surface area contributed by atoms with Crippen LogP contribution < -0.4 is 34.0 Å². The van der Waals surface area contributed by atoms with Crippen LogP contribution in [-0.4, -0.2) is 38.7 Å². The van der Waals surface area contributed by atoms with Gasteiger partial charge in [0.2, 0.25) is 0 Å². The molecule has 126 valence electrons. The standard InChI is InChI=1S/C16H13N5O4.Li/c1-25-10-2-3-12(11(8-10)16(23)24)18-15(22)13-4-5-14(20-19-13)21-7-6-17-9-21;/h2-9H,1H3,(H,18,22)(H,23,24);/q;+1/p-1. The van der Waals surface area contributed by atoms with Gasteiger partial charge >= 0.3 is 18.9 Å². The molecular weight excluding hydrogens is 333 g/mol. The number of carbonyl (C=O) groups excluding carboxylic acids is 2. The topological polar surface area (TPSA) is 122 Å². The number of carboxylic acid groups (broad SMARTS) is 1. The van der Waals surface area contributed by atoms with E-state index < -0.39 is 11.9 Å². The van der Waals surface area contributed by atoms with E-state index in [9.17, 15) is 14.7 Å². The molecule has 0 aliphatic heterocycles. The molecule has 1 amide bonds. The van der Waals surface area contributed by atoms with Gasteiger partial charge < -0.3 is 20.0 Å². The SMILES string of the molecule is COc1ccc(NC(=O)c2ccc(-n3ccnc3)nn2)c(C(=O)[O-])c1.[Li+]. The molecule has 0 spiro atoms. The average molecular weight is 345 g/mol. The van der Waals surface area contributed by atoms with Crippen LogP contribution in [0.5, 0.6) is 5.75 Å². The summed E-state index contributed by atoms with van der Waals surface area (Å²) in [6, 6.07) is 7.26. The van der Waals surface area contributed by atoms with Gasteiger partial charge in [0, 0.05) is 18.0 Å². The van der Waals surface area contributed by atoms with E-state index in [1.54, 1.807) is 29.4 Å². The summed E-state index contributed by atoms with van der Waals surface area (Å²) in [4.78, 5) is 27.4. The molecule has 0 bridgehead atoms. The fourth-order valence-corrected chi connectivity index (χ4v) is 2.09. The monoisotopic (exact) mass is 345 g/mol. The van der Waals surface area contributed by atoms with E-state index in [0.29, 0.717) is 11.6 Å². The number of aromatic carboxylic acids is 1. The first-order valence-corrected chi connectivity index (χ1v) is 7.11. The summed E-state index contributed by atoms with van der Waals surface area (Å²) in [5.41, 5.74) is -0.0917. The summed E-state index contributed by atoms with van der Waals surface area (Å²) in [5, 5.41) is 21.5. The van der Waals surface area contributed by atoms with Gasteiger partial charge in [-0.2, -0.15) is 0 Å². The molecule has 2 aromatic heterocycles. The summed E-state index contributed by atoms with van der Waals surface area (Å²) in [5.74, 6) is -1.20. The van der Waals surface area contributed by atoms with E-state index in [1.165, 1.54) is 31.4 Å². The van der Waals surface area contributed by atoms with Crippen molar-refractivity contribution in [3.63, 3.8) is 0 Å². The molecule has 2 heterocycles. The van der Waals surface area contributed by atoms with Gasteiger partial charge in [-0.05, 0) is 30.3 Å². The Balaban J connectivity index is 0.00000243. The molecule has 0 fully saturated rings. The first kappa shape index (κ1) is 19.2. The third kappa shape index (κ3) is 4.08. The molecule has 3 rings (SSSR count). The zero-order valence-corrected chi connectivity index (χ0v) is 14.0. The maximum Gasteiger partial charge on any atom is 1.00 e. The van der Waals surface area contributed by atoms with Crippen LogP contribution in [0.1, 0.15) is 20.8 Å². The van der Waals surface area contributed by atoms with Gasteiger partial charge in [-0.1, -0.05) is 0 Å². The van der Waals surface area contributed by atoms with Crippen LogP contribution >= 0.6 is 0 Å². The van der Waals surface area contributed by atoms with Crippen LogP contribution in [0.25, 0.3) is 5.82 Å². The number of nitrogens with zero attached hydrogens (tertiary/aromatic N) is 4. The Morgan fingerprint density at radius 1 is 1.19 bits per heavy atom. The van der Waals surface area contributed by atoms with Gasteiger partial charge in [-0.15, -0.1) is 10.2 Å². The van der Waals surface area contributed by atoms with Gasteiger partial charge in [-0.3, -0.25) is 9.36 Å². The molecule has 9 nitrogen and oxygen atoms in total. The Kier molecular flexibility index (Phi) is 6.11. The number of imidazole rings is 1. The molecule has 0 saturated heterocycles. The molecule has 0 atom stereocenters. The molecule has 3 aromatic rings. The van der Waals surface area contributed by atoms with Crippen LogP contribution in [0, 0.1) is 0 Å². The number of hydrogen-bond donors (Lipinski definition) is 1. The number of anilines is 1. The van der Waals surface area contributed by atoms with Crippen molar-refractivity contribution in [1.82, 2.24) is 19.7 Å². The molecule has 0 unspecified atom stereocenters. The molecule has 0 aliphatic carbocycles. The van der Waals surface area contributed by atoms with Gasteiger partial charge in [0.05, 0.1) is 18.8 Å². The predicted octanol–water partition coefficient (Wildman–Crippen LogP) is -2.71. The van der Waals surface area contributed by atoms with Gasteiger partial charge in [0.1, 0.15) is 12.1 Å². The molecule has 0 saturated carbocycles. The number of amides is 1. The van der Waals surface area contributed by atoms with Crippen LogP contribution in [0.3, 0.4) is 0 Å². The Morgan fingerprint density at radius 2 is 2.00 bits per heavy atom. The Bertz CT molecular complexity index is 913. The van der Waals surface area contributed by atoms with E-state index in [1.807, 2.05) is 0 Å². The minimum atomic E-state index is -1.43. The van der Waals surface area contributed by atoms with E-state index in [4.69, 9.17) is 4.74 Å². The van der Waals surface area contributed by atoms with Gasteiger partial charge in [-0.25, -0.2) is 4.98 Å². The Morgan fingerprint density at radius 3 is 2.58 bits per heavy atom. The summed E-state index contributed by atoms with van der Waals surface area (Å²) < 4.78 is 6.60. The number of ether oxygens (including phenoxy) is 1. The third-order valence-electron chi connectivity index (χ3n) is 3.35. The van der Waals surface area contributed by atoms with E-state index in [0.717, 1.165) is 0 Å². The van der Waals surface area contributed by atoms with Crippen LogP contribution in [-0.2, 0) is 0 Å². The second kappa shape index (κ2) is 8.29. The van der Waals surface area contributed by atoms with Crippen molar-refractivity contribution in [1.29, 1.82) is 0 Å². The van der Waals surface area contributed by atoms with Crippen molar-refractivity contribution >= 4 is 17.6 Å². The fourth-order valence-electron chi connectivity index (χ4n) is 2.09. The second-order valence-corrected chi connectivity index (χ2v) is 4.90. The molecule has 0 aliphatic rings. The molecular formula is C16H12LiN5O4. The molecule has 0 radical (unpaired) electrons. The van der Waals surface area contributed by atoms with Crippen molar-refractivity contribution in [2.24, 2.45) is 0 Å². The number of nitrogens with one attached hydrogen (secondary N) is 1. The Labute approximate surface area is 160 Å². The number of carboxylic acids is 1. The van der Waals surface area contributed by atoms with Crippen LogP contribution in [0.2, 0.25) is 0 Å². The fraction of sp³-hybridized carbons (Fsp3) is 0.0625. The Hall–Kier alpha value is -3.15.